The van der Waals surface area contributed by atoms with Crippen LogP contribution in [0.15, 0.2) is 53.4 Å². The SMILES string of the molecule is O=C(O)Cc1ccccc1OCCSc1ccccc1F. The molecule has 0 unspecified atom stereocenters. The molecule has 0 amide bonds. The van der Waals surface area contributed by atoms with Crippen molar-refractivity contribution in [3.05, 3.63) is 59.9 Å². The lowest BCUT2D eigenvalue weighted by Gasteiger charge is -2.10. The number of carbonyl (C=O) groups is 1. The van der Waals surface area contributed by atoms with Crippen LogP contribution in [0, 0.1) is 5.82 Å². The van der Waals surface area contributed by atoms with Crippen molar-refractivity contribution < 1.29 is 19.0 Å². The van der Waals surface area contributed by atoms with E-state index in [9.17, 15) is 9.18 Å². The molecule has 0 aliphatic heterocycles. The van der Waals surface area contributed by atoms with Crippen LogP contribution in [0.4, 0.5) is 4.39 Å². The van der Waals surface area contributed by atoms with Gasteiger partial charge in [-0.05, 0) is 18.2 Å². The van der Waals surface area contributed by atoms with Crippen LogP contribution in [-0.4, -0.2) is 23.4 Å². The fourth-order valence-corrected chi connectivity index (χ4v) is 2.59. The van der Waals surface area contributed by atoms with Crippen LogP contribution in [-0.2, 0) is 11.2 Å². The van der Waals surface area contributed by atoms with Gasteiger partial charge < -0.3 is 9.84 Å². The summed E-state index contributed by atoms with van der Waals surface area (Å²) in [6.45, 7) is 0.385. The molecule has 2 aromatic rings. The lowest BCUT2D eigenvalue weighted by atomic mass is 10.1. The van der Waals surface area contributed by atoms with Crippen molar-refractivity contribution in [2.45, 2.75) is 11.3 Å². The molecule has 0 aliphatic rings. The lowest BCUT2D eigenvalue weighted by molar-refractivity contribution is -0.136. The second-order valence-electron chi connectivity index (χ2n) is 4.31. The Hall–Kier alpha value is -2.01. The average Bonchev–Trinajstić information content (AvgIpc) is 2.46. The zero-order valence-corrected chi connectivity index (χ0v) is 12.1. The third-order valence-electron chi connectivity index (χ3n) is 2.75. The van der Waals surface area contributed by atoms with Crippen LogP contribution in [0.1, 0.15) is 5.56 Å². The summed E-state index contributed by atoms with van der Waals surface area (Å²) in [6.07, 6.45) is -0.0728. The molecule has 2 rings (SSSR count). The van der Waals surface area contributed by atoms with E-state index in [-0.39, 0.29) is 12.2 Å². The molecule has 0 radical (unpaired) electrons. The Morgan fingerprint density at radius 1 is 1.14 bits per heavy atom. The Bertz CT molecular complexity index is 616. The van der Waals surface area contributed by atoms with Gasteiger partial charge in [0.15, 0.2) is 0 Å². The molecule has 0 spiro atoms. The van der Waals surface area contributed by atoms with Gasteiger partial charge in [0.1, 0.15) is 11.6 Å². The molecule has 5 heteroatoms. The molecule has 0 saturated heterocycles. The fraction of sp³-hybridized carbons (Fsp3) is 0.188. The first-order valence-corrected chi connectivity index (χ1v) is 7.45. The average molecular weight is 306 g/mol. The molecule has 0 saturated carbocycles. The molecule has 0 atom stereocenters. The monoisotopic (exact) mass is 306 g/mol. The second-order valence-corrected chi connectivity index (χ2v) is 5.44. The first kappa shape index (κ1) is 15.4. The Labute approximate surface area is 126 Å². The van der Waals surface area contributed by atoms with Crippen molar-refractivity contribution in [1.82, 2.24) is 0 Å². The minimum Gasteiger partial charge on any atom is -0.492 e. The predicted molar refractivity (Wildman–Crippen MR) is 80.4 cm³/mol. The van der Waals surface area contributed by atoms with Gasteiger partial charge in [-0.3, -0.25) is 4.79 Å². The number of carboxylic acid groups (broad SMARTS) is 1. The van der Waals surface area contributed by atoms with Gasteiger partial charge >= 0.3 is 5.97 Å². The summed E-state index contributed by atoms with van der Waals surface area (Å²) in [4.78, 5) is 11.4. The van der Waals surface area contributed by atoms with Gasteiger partial charge in [0.05, 0.1) is 13.0 Å². The molecule has 110 valence electrons. The number of thioether (sulfide) groups is 1. The number of ether oxygens (including phenoxy) is 1. The molecule has 3 nitrogen and oxygen atoms in total. The summed E-state index contributed by atoms with van der Waals surface area (Å²) in [5, 5.41) is 8.84. The van der Waals surface area contributed by atoms with Crippen molar-refractivity contribution in [2.24, 2.45) is 0 Å². The van der Waals surface area contributed by atoms with E-state index in [2.05, 4.69) is 0 Å². The highest BCUT2D eigenvalue weighted by Gasteiger charge is 2.07. The Morgan fingerprint density at radius 3 is 2.62 bits per heavy atom. The van der Waals surface area contributed by atoms with E-state index in [0.29, 0.717) is 28.6 Å². The third-order valence-corrected chi connectivity index (χ3v) is 3.76. The van der Waals surface area contributed by atoms with Gasteiger partial charge in [-0.2, -0.15) is 0 Å². The Morgan fingerprint density at radius 2 is 1.86 bits per heavy atom. The highest BCUT2D eigenvalue weighted by molar-refractivity contribution is 7.99. The Kier molecular flexibility index (Phi) is 5.63. The van der Waals surface area contributed by atoms with Crippen molar-refractivity contribution >= 4 is 17.7 Å². The number of halogens is 1. The minimum atomic E-state index is -0.896. The van der Waals surface area contributed by atoms with Gasteiger partial charge in [-0.1, -0.05) is 30.3 Å². The van der Waals surface area contributed by atoms with Crippen molar-refractivity contribution in [3.8, 4) is 5.75 Å². The van der Waals surface area contributed by atoms with Crippen LogP contribution in [0.2, 0.25) is 0 Å². The zero-order valence-electron chi connectivity index (χ0n) is 11.3. The molecule has 0 fully saturated rings. The van der Waals surface area contributed by atoms with Gasteiger partial charge in [-0.15, -0.1) is 11.8 Å². The maximum absolute atomic E-state index is 13.4. The number of aliphatic carboxylic acids is 1. The molecular weight excluding hydrogens is 291 g/mol. The smallest absolute Gasteiger partial charge is 0.307 e. The normalized spacial score (nSPS) is 10.3. The van der Waals surface area contributed by atoms with E-state index in [1.807, 2.05) is 0 Å². The number of rotatable bonds is 7. The standard InChI is InChI=1S/C16H15FO3S/c17-13-6-2-4-8-15(13)21-10-9-20-14-7-3-1-5-12(14)11-16(18)19/h1-8H,9-11H2,(H,18,19). The predicted octanol–water partition coefficient (Wildman–Crippen LogP) is 3.62. The molecule has 0 aliphatic carbocycles. The van der Waals surface area contributed by atoms with E-state index in [1.165, 1.54) is 17.8 Å². The number of hydrogen-bond donors (Lipinski definition) is 1. The van der Waals surface area contributed by atoms with Crippen molar-refractivity contribution in [2.75, 3.05) is 12.4 Å². The van der Waals surface area contributed by atoms with Crippen molar-refractivity contribution in [1.29, 1.82) is 0 Å². The quantitative estimate of drug-likeness (QED) is 0.627. The highest BCUT2D eigenvalue weighted by Crippen LogP contribution is 2.22. The summed E-state index contributed by atoms with van der Waals surface area (Å²) >= 11 is 1.37. The first-order valence-electron chi connectivity index (χ1n) is 6.46. The van der Waals surface area contributed by atoms with E-state index in [1.54, 1.807) is 42.5 Å². The summed E-state index contributed by atoms with van der Waals surface area (Å²) in [5.41, 5.74) is 0.640. The van der Waals surface area contributed by atoms with Gasteiger partial charge in [-0.25, -0.2) is 4.39 Å². The number of hydrogen-bond acceptors (Lipinski definition) is 3. The topological polar surface area (TPSA) is 46.5 Å². The molecule has 0 bridgehead atoms. The van der Waals surface area contributed by atoms with Crippen LogP contribution in [0.5, 0.6) is 5.75 Å². The molecule has 2 aromatic carbocycles. The van der Waals surface area contributed by atoms with Crippen LogP contribution >= 0.6 is 11.8 Å². The van der Waals surface area contributed by atoms with E-state index >= 15 is 0 Å². The van der Waals surface area contributed by atoms with E-state index < -0.39 is 5.97 Å². The molecule has 1 N–H and O–H groups in total. The first-order chi connectivity index (χ1) is 10.2. The zero-order chi connectivity index (χ0) is 15.1. The maximum atomic E-state index is 13.4. The van der Waals surface area contributed by atoms with Crippen LogP contribution in [0.3, 0.4) is 0 Å². The Balaban J connectivity index is 1.86. The third kappa shape index (κ3) is 4.79. The summed E-state index contributed by atoms with van der Waals surface area (Å²) in [5.74, 6) is 0.0112. The molecule has 0 aromatic heterocycles. The number of benzene rings is 2. The summed E-state index contributed by atoms with van der Waals surface area (Å²) in [7, 11) is 0. The van der Waals surface area contributed by atoms with Gasteiger partial charge in [0.2, 0.25) is 0 Å². The molecule has 21 heavy (non-hydrogen) atoms. The van der Waals surface area contributed by atoms with Crippen molar-refractivity contribution in [3.63, 3.8) is 0 Å². The van der Waals surface area contributed by atoms with Crippen LogP contribution in [0.25, 0.3) is 0 Å². The second kappa shape index (κ2) is 7.69. The minimum absolute atomic E-state index is 0.0728. The number of carboxylic acids is 1. The molecular formula is C16H15FO3S. The number of para-hydroxylation sites is 1. The van der Waals surface area contributed by atoms with Crippen LogP contribution < -0.4 is 4.74 Å². The van der Waals surface area contributed by atoms with E-state index in [4.69, 9.17) is 9.84 Å². The highest BCUT2D eigenvalue weighted by atomic mass is 32.2. The van der Waals surface area contributed by atoms with E-state index in [0.717, 1.165) is 0 Å². The molecule has 0 heterocycles. The summed E-state index contributed by atoms with van der Waals surface area (Å²) < 4.78 is 19.0. The summed E-state index contributed by atoms with van der Waals surface area (Å²) in [6, 6.07) is 13.6. The lowest BCUT2D eigenvalue weighted by Crippen LogP contribution is -2.06. The maximum Gasteiger partial charge on any atom is 0.307 e. The van der Waals surface area contributed by atoms with Gasteiger partial charge in [0, 0.05) is 16.2 Å². The van der Waals surface area contributed by atoms with Gasteiger partial charge in [0.25, 0.3) is 0 Å². The fourth-order valence-electron chi connectivity index (χ4n) is 1.82. The largest absolute Gasteiger partial charge is 0.492 e.